The van der Waals surface area contributed by atoms with Gasteiger partial charge in [-0.2, -0.15) is 0 Å². The van der Waals surface area contributed by atoms with E-state index in [1.807, 2.05) is 24.3 Å². The molecule has 1 N–H and O–H groups in total. The molecule has 3 rings (SSSR count). The minimum atomic E-state index is 0.561. The monoisotopic (exact) mass is 228 g/mol. The number of benzene rings is 1. The summed E-state index contributed by atoms with van der Waals surface area (Å²) in [4.78, 5) is 0. The summed E-state index contributed by atoms with van der Waals surface area (Å²) in [6.45, 7) is 2.97. The van der Waals surface area contributed by atoms with Crippen LogP contribution in [0.1, 0.15) is 12.7 Å². The highest BCUT2D eigenvalue weighted by Gasteiger charge is 2.13. The number of furan rings is 1. The van der Waals surface area contributed by atoms with Crippen LogP contribution in [0.3, 0.4) is 0 Å². The minimum Gasteiger partial charge on any atom is -0.453 e. The second-order valence-corrected chi connectivity index (χ2v) is 3.87. The van der Waals surface area contributed by atoms with Crippen molar-refractivity contribution < 1.29 is 9.62 Å². The van der Waals surface area contributed by atoms with Gasteiger partial charge in [0.05, 0.1) is 11.0 Å². The van der Waals surface area contributed by atoms with Gasteiger partial charge in [-0.05, 0) is 19.1 Å². The Morgan fingerprint density at radius 3 is 2.94 bits per heavy atom. The number of para-hydroxylation sites is 1. The van der Waals surface area contributed by atoms with E-state index in [2.05, 4.69) is 22.7 Å². The molecule has 3 aromatic rings. The van der Waals surface area contributed by atoms with Crippen LogP contribution in [0.4, 0.5) is 0 Å². The number of fused-ring (bicyclic) bond motifs is 3. The van der Waals surface area contributed by atoms with Gasteiger partial charge in [-0.3, -0.25) is 0 Å². The van der Waals surface area contributed by atoms with E-state index in [1.54, 1.807) is 0 Å². The highest BCUT2D eigenvalue weighted by molar-refractivity contribution is 6.06. The smallest absolute Gasteiger partial charge is 0.160 e. The van der Waals surface area contributed by atoms with E-state index in [-0.39, 0.29) is 0 Å². The van der Waals surface area contributed by atoms with Crippen LogP contribution in [-0.2, 0) is 6.54 Å². The number of nitrogens with zero attached hydrogens (tertiary/aromatic N) is 2. The van der Waals surface area contributed by atoms with Gasteiger partial charge in [0.15, 0.2) is 11.3 Å². The lowest BCUT2D eigenvalue weighted by Gasteiger charge is -2.00. The fourth-order valence-electron chi connectivity index (χ4n) is 2.29. The molecule has 86 valence electrons. The molecule has 0 atom stereocenters. The first-order valence-corrected chi connectivity index (χ1v) is 5.53. The molecule has 0 spiro atoms. The maximum absolute atomic E-state index is 8.52. The number of aryl methyl sites for hydroxylation is 1. The van der Waals surface area contributed by atoms with Crippen molar-refractivity contribution in [2.45, 2.75) is 13.5 Å². The van der Waals surface area contributed by atoms with Crippen molar-refractivity contribution in [1.82, 2.24) is 4.57 Å². The van der Waals surface area contributed by atoms with Crippen molar-refractivity contribution in [1.29, 1.82) is 0 Å². The molecule has 0 bridgehead atoms. The fourth-order valence-corrected chi connectivity index (χ4v) is 2.29. The van der Waals surface area contributed by atoms with Crippen LogP contribution in [0, 0.1) is 0 Å². The van der Waals surface area contributed by atoms with Gasteiger partial charge in [-0.1, -0.05) is 17.3 Å². The van der Waals surface area contributed by atoms with Gasteiger partial charge in [0.2, 0.25) is 0 Å². The molecular weight excluding hydrogens is 216 g/mol. The Hall–Kier alpha value is -2.23. The molecule has 0 aliphatic carbocycles. The largest absolute Gasteiger partial charge is 0.453 e. The maximum atomic E-state index is 8.52. The summed E-state index contributed by atoms with van der Waals surface area (Å²) in [6, 6.07) is 10.0. The van der Waals surface area contributed by atoms with E-state index in [4.69, 9.17) is 9.62 Å². The average Bonchev–Trinajstić information content (AvgIpc) is 2.86. The molecule has 0 aliphatic rings. The Labute approximate surface area is 97.7 Å². The van der Waals surface area contributed by atoms with Crippen LogP contribution in [0.5, 0.6) is 0 Å². The Morgan fingerprint density at radius 2 is 2.18 bits per heavy atom. The van der Waals surface area contributed by atoms with Crippen LogP contribution >= 0.6 is 0 Å². The van der Waals surface area contributed by atoms with Crippen LogP contribution in [-0.4, -0.2) is 16.0 Å². The zero-order chi connectivity index (χ0) is 11.8. The van der Waals surface area contributed by atoms with Crippen molar-refractivity contribution in [3.8, 4) is 0 Å². The third kappa shape index (κ3) is 1.34. The molecule has 0 aliphatic heterocycles. The van der Waals surface area contributed by atoms with E-state index < -0.39 is 0 Å². The molecule has 0 unspecified atom stereocenters. The molecular formula is C13H12N2O2. The van der Waals surface area contributed by atoms with Crippen LogP contribution in [0.15, 0.2) is 39.9 Å². The first kappa shape index (κ1) is 9.96. The number of hydrogen-bond donors (Lipinski definition) is 1. The molecule has 1 aromatic carbocycles. The number of hydrogen-bond acceptors (Lipinski definition) is 3. The Balaban J connectivity index is 2.43. The van der Waals surface area contributed by atoms with Gasteiger partial charge in [-0.15, -0.1) is 0 Å². The molecule has 2 aromatic heterocycles. The first-order valence-electron chi connectivity index (χ1n) is 5.53. The highest BCUT2D eigenvalue weighted by Crippen LogP contribution is 2.30. The predicted molar refractivity (Wildman–Crippen MR) is 66.8 cm³/mol. The molecule has 4 heteroatoms. The van der Waals surface area contributed by atoms with Crippen LogP contribution in [0.25, 0.3) is 22.0 Å². The number of oxime groups is 1. The van der Waals surface area contributed by atoms with Crippen molar-refractivity contribution >= 4 is 28.2 Å². The van der Waals surface area contributed by atoms with Crippen molar-refractivity contribution in [2.24, 2.45) is 5.16 Å². The molecule has 2 heterocycles. The standard InChI is InChI=1S/C13H12N2O2/c1-2-15-11-6-4-3-5-10(11)13-12(15)7-9(17-13)8-14-16/h3-8,16H,2H2,1H3. The van der Waals surface area contributed by atoms with Gasteiger partial charge in [-0.25, -0.2) is 0 Å². The van der Waals surface area contributed by atoms with Crippen LogP contribution < -0.4 is 0 Å². The quantitative estimate of drug-likeness (QED) is 0.416. The third-order valence-electron chi connectivity index (χ3n) is 2.96. The van der Waals surface area contributed by atoms with Gasteiger partial charge in [0, 0.05) is 18.0 Å². The Morgan fingerprint density at radius 1 is 1.35 bits per heavy atom. The molecule has 0 amide bonds. The Kier molecular flexibility index (Phi) is 2.14. The normalized spacial score (nSPS) is 12.1. The molecule has 17 heavy (non-hydrogen) atoms. The van der Waals surface area contributed by atoms with E-state index in [0.29, 0.717) is 5.76 Å². The SMILES string of the molecule is CCn1c2ccccc2c2oc(C=NO)cc21. The second kappa shape index (κ2) is 3.66. The fraction of sp³-hybridized carbons (Fsp3) is 0.154. The number of aromatic nitrogens is 1. The average molecular weight is 228 g/mol. The Bertz CT molecular complexity index is 707. The van der Waals surface area contributed by atoms with Gasteiger partial charge in [0.1, 0.15) is 6.21 Å². The maximum Gasteiger partial charge on any atom is 0.160 e. The van der Waals surface area contributed by atoms with Crippen molar-refractivity contribution in [3.63, 3.8) is 0 Å². The summed E-state index contributed by atoms with van der Waals surface area (Å²) in [5.74, 6) is 0.561. The van der Waals surface area contributed by atoms with E-state index in [0.717, 1.165) is 28.5 Å². The molecule has 0 radical (unpaired) electrons. The topological polar surface area (TPSA) is 50.7 Å². The summed E-state index contributed by atoms with van der Waals surface area (Å²) in [5, 5.41) is 12.6. The van der Waals surface area contributed by atoms with E-state index in [9.17, 15) is 0 Å². The van der Waals surface area contributed by atoms with Gasteiger partial charge >= 0.3 is 0 Å². The predicted octanol–water partition coefficient (Wildman–Crippen LogP) is 3.22. The summed E-state index contributed by atoms with van der Waals surface area (Å²) in [6.07, 6.45) is 1.30. The highest BCUT2D eigenvalue weighted by atomic mass is 16.4. The van der Waals surface area contributed by atoms with E-state index in [1.165, 1.54) is 6.21 Å². The lowest BCUT2D eigenvalue weighted by Crippen LogP contribution is -1.91. The molecule has 4 nitrogen and oxygen atoms in total. The first-order chi connectivity index (χ1) is 8.35. The zero-order valence-corrected chi connectivity index (χ0v) is 9.42. The summed E-state index contributed by atoms with van der Waals surface area (Å²) in [7, 11) is 0. The summed E-state index contributed by atoms with van der Waals surface area (Å²) >= 11 is 0. The van der Waals surface area contributed by atoms with E-state index >= 15 is 0 Å². The molecule has 0 saturated heterocycles. The minimum absolute atomic E-state index is 0.561. The lowest BCUT2D eigenvalue weighted by atomic mass is 10.2. The van der Waals surface area contributed by atoms with Crippen LogP contribution in [0.2, 0.25) is 0 Å². The van der Waals surface area contributed by atoms with Gasteiger partial charge in [0.25, 0.3) is 0 Å². The summed E-state index contributed by atoms with van der Waals surface area (Å²) in [5.41, 5.74) is 3.04. The number of rotatable bonds is 2. The second-order valence-electron chi connectivity index (χ2n) is 3.87. The lowest BCUT2D eigenvalue weighted by molar-refractivity contribution is 0.321. The zero-order valence-electron chi connectivity index (χ0n) is 9.42. The van der Waals surface area contributed by atoms with Crippen molar-refractivity contribution in [3.05, 3.63) is 36.1 Å². The molecule has 0 fully saturated rings. The third-order valence-corrected chi connectivity index (χ3v) is 2.96. The van der Waals surface area contributed by atoms with Crippen molar-refractivity contribution in [2.75, 3.05) is 0 Å². The molecule has 0 saturated carbocycles. The summed E-state index contributed by atoms with van der Waals surface area (Å²) < 4.78 is 7.86. The van der Waals surface area contributed by atoms with Gasteiger partial charge < -0.3 is 14.2 Å².